The molecule has 0 aliphatic carbocycles. The van der Waals surface area contributed by atoms with Crippen LogP contribution < -0.4 is 10.9 Å². The Kier molecular flexibility index (Phi) is 1.43. The predicted molar refractivity (Wildman–Crippen MR) is 40.7 cm³/mol. The molecule has 2 atom stereocenters. The van der Waals surface area contributed by atoms with Crippen LogP contribution in [0.1, 0.15) is 30.3 Å². The molecule has 12 heavy (non-hydrogen) atoms. The van der Waals surface area contributed by atoms with E-state index in [4.69, 9.17) is 9.84 Å². The van der Waals surface area contributed by atoms with Crippen molar-refractivity contribution < 1.29 is 9.84 Å². The van der Waals surface area contributed by atoms with Gasteiger partial charge in [-0.05, 0) is 6.92 Å². The molecule has 2 rings (SSSR count). The highest BCUT2D eigenvalue weighted by molar-refractivity contribution is 5.37. The molecule has 0 radical (unpaired) electrons. The molecule has 4 nitrogen and oxygen atoms in total. The first-order valence-corrected chi connectivity index (χ1v) is 3.75. The second kappa shape index (κ2) is 2.24. The van der Waals surface area contributed by atoms with Gasteiger partial charge >= 0.3 is 0 Å². The monoisotopic (exact) mass is 168 g/mol. The Bertz CT molecular complexity index is 350. The lowest BCUT2D eigenvalue weighted by molar-refractivity contribution is 0.194. The predicted octanol–water partition coefficient (Wildman–Crippen LogP) is -0.593. The lowest BCUT2D eigenvalue weighted by Crippen LogP contribution is -2.40. The van der Waals surface area contributed by atoms with Crippen molar-refractivity contribution in [3.8, 4) is 0 Å². The number of hydrogen-bond acceptors (Lipinski definition) is 4. The first-order valence-electron chi connectivity index (χ1n) is 3.75. The third-order valence-electron chi connectivity index (χ3n) is 2.06. The lowest BCUT2D eigenvalue weighted by Gasteiger charge is -2.10. The molecule has 0 aromatic heterocycles. The molecule has 1 aromatic rings. The van der Waals surface area contributed by atoms with E-state index >= 15 is 0 Å². The normalized spacial score (nSPS) is 24.3. The lowest BCUT2D eigenvalue weighted by atomic mass is 9.95. The number of epoxide rings is 1. The van der Waals surface area contributed by atoms with Crippen LogP contribution in [0.2, 0.25) is 0 Å². The minimum absolute atomic E-state index is 0.222. The summed E-state index contributed by atoms with van der Waals surface area (Å²) in [7, 11) is 0. The minimum Gasteiger partial charge on any atom is -0.389 e. The van der Waals surface area contributed by atoms with Gasteiger partial charge in [0.15, 0.2) is 0 Å². The number of ether oxygens (including phenoxy) is 1. The average molecular weight is 168 g/mol. The van der Waals surface area contributed by atoms with Crippen molar-refractivity contribution in [2.45, 2.75) is 19.1 Å². The van der Waals surface area contributed by atoms with Crippen molar-refractivity contribution in [3.05, 3.63) is 31.6 Å². The van der Waals surface area contributed by atoms with E-state index in [9.17, 15) is 9.59 Å². The van der Waals surface area contributed by atoms with Crippen LogP contribution in [-0.2, 0) is 4.74 Å². The Morgan fingerprint density at radius 2 is 2.08 bits per heavy atom. The Labute approximate surface area is 68.1 Å². The van der Waals surface area contributed by atoms with Crippen molar-refractivity contribution in [2.24, 2.45) is 0 Å². The first kappa shape index (κ1) is 7.64. The highest BCUT2D eigenvalue weighted by Crippen LogP contribution is 2.31. The zero-order chi connectivity index (χ0) is 8.88. The molecule has 1 N–H and O–H groups in total. The highest BCUT2D eigenvalue weighted by atomic mass is 16.6. The molecule has 1 saturated heterocycles. The van der Waals surface area contributed by atoms with E-state index in [1.54, 1.807) is 0 Å². The van der Waals surface area contributed by atoms with E-state index in [-0.39, 0.29) is 11.7 Å². The molecule has 0 amide bonds. The van der Waals surface area contributed by atoms with Gasteiger partial charge in [-0.25, -0.2) is 0 Å². The zero-order valence-corrected chi connectivity index (χ0v) is 6.53. The molecule has 1 fully saturated rings. The molecule has 1 heterocycles. The quantitative estimate of drug-likeness (QED) is 0.473. The Morgan fingerprint density at radius 1 is 1.50 bits per heavy atom. The fourth-order valence-corrected chi connectivity index (χ4v) is 1.38. The first-order chi connectivity index (χ1) is 5.63. The molecule has 0 saturated carbocycles. The summed E-state index contributed by atoms with van der Waals surface area (Å²) in [5.41, 5.74) is -0.429. The van der Waals surface area contributed by atoms with E-state index in [1.165, 1.54) is 6.92 Å². The summed E-state index contributed by atoms with van der Waals surface area (Å²) in [6, 6.07) is 0. The molecular formula is C8H8O4. The van der Waals surface area contributed by atoms with E-state index < -0.39 is 17.0 Å². The van der Waals surface area contributed by atoms with Gasteiger partial charge in [0, 0.05) is 11.1 Å². The van der Waals surface area contributed by atoms with E-state index in [0.29, 0.717) is 12.2 Å². The standard InChI is InChI=1S/C8H8O4/c1-3(9)5-6(4-2-12-4)8(11)7(5)10/h3-4,9H,2H2,1H3. The minimum atomic E-state index is -0.852. The maximum atomic E-state index is 11.0. The van der Waals surface area contributed by atoms with Gasteiger partial charge in [0.1, 0.15) is 6.10 Å². The molecule has 64 valence electrons. The van der Waals surface area contributed by atoms with Gasteiger partial charge in [-0.15, -0.1) is 0 Å². The third-order valence-corrected chi connectivity index (χ3v) is 2.06. The summed E-state index contributed by atoms with van der Waals surface area (Å²) in [5, 5.41) is 9.12. The largest absolute Gasteiger partial charge is 0.389 e. The molecule has 1 aliphatic heterocycles. The number of hydrogen-bond donors (Lipinski definition) is 1. The third kappa shape index (κ3) is 0.852. The summed E-state index contributed by atoms with van der Waals surface area (Å²) in [5.74, 6) is 0. The number of aliphatic hydroxyl groups excluding tert-OH is 1. The van der Waals surface area contributed by atoms with Crippen molar-refractivity contribution in [2.75, 3.05) is 6.61 Å². The van der Waals surface area contributed by atoms with Crippen LogP contribution in [0.15, 0.2) is 9.59 Å². The van der Waals surface area contributed by atoms with Crippen LogP contribution in [0.5, 0.6) is 0 Å². The summed E-state index contributed by atoms with van der Waals surface area (Å²) in [4.78, 5) is 21.9. The summed E-state index contributed by atoms with van der Waals surface area (Å²) in [6.07, 6.45) is -1.07. The average Bonchev–Trinajstić information content (AvgIpc) is 2.80. The van der Waals surface area contributed by atoms with Gasteiger partial charge in [-0.1, -0.05) is 0 Å². The Morgan fingerprint density at radius 3 is 2.50 bits per heavy atom. The fraction of sp³-hybridized carbons (Fsp3) is 0.500. The molecule has 0 bridgehead atoms. The van der Waals surface area contributed by atoms with Crippen molar-refractivity contribution in [1.82, 2.24) is 0 Å². The smallest absolute Gasteiger partial charge is 0.232 e. The van der Waals surface area contributed by atoms with Gasteiger partial charge in [0.25, 0.3) is 0 Å². The van der Waals surface area contributed by atoms with Crippen LogP contribution in [0.3, 0.4) is 0 Å². The van der Waals surface area contributed by atoms with Crippen molar-refractivity contribution in [1.29, 1.82) is 0 Å². The Hall–Kier alpha value is -1.00. The highest BCUT2D eigenvalue weighted by Gasteiger charge is 2.37. The van der Waals surface area contributed by atoms with Gasteiger partial charge < -0.3 is 9.84 Å². The number of aliphatic hydroxyl groups is 1. The molecule has 0 spiro atoms. The van der Waals surface area contributed by atoms with Gasteiger partial charge in [-0.3, -0.25) is 9.59 Å². The van der Waals surface area contributed by atoms with Gasteiger partial charge in [0.05, 0.1) is 12.7 Å². The summed E-state index contributed by atoms with van der Waals surface area (Å²) >= 11 is 0. The topological polar surface area (TPSA) is 66.9 Å². The maximum Gasteiger partial charge on any atom is 0.232 e. The molecule has 1 aromatic carbocycles. The molecular weight excluding hydrogens is 160 g/mol. The van der Waals surface area contributed by atoms with Crippen LogP contribution in [0.25, 0.3) is 0 Å². The fourth-order valence-electron chi connectivity index (χ4n) is 1.38. The second-order valence-electron chi connectivity index (χ2n) is 2.98. The van der Waals surface area contributed by atoms with Crippen molar-refractivity contribution in [3.63, 3.8) is 0 Å². The number of rotatable bonds is 2. The van der Waals surface area contributed by atoms with Crippen molar-refractivity contribution >= 4 is 0 Å². The molecule has 1 aliphatic rings. The second-order valence-corrected chi connectivity index (χ2v) is 2.98. The maximum absolute atomic E-state index is 11.0. The van der Waals surface area contributed by atoms with E-state index in [2.05, 4.69) is 0 Å². The van der Waals surface area contributed by atoms with E-state index in [0.717, 1.165) is 0 Å². The van der Waals surface area contributed by atoms with Crippen LogP contribution >= 0.6 is 0 Å². The van der Waals surface area contributed by atoms with Gasteiger partial charge in [-0.2, -0.15) is 0 Å². The van der Waals surface area contributed by atoms with E-state index in [1.807, 2.05) is 0 Å². The van der Waals surface area contributed by atoms with Crippen LogP contribution in [0, 0.1) is 0 Å². The van der Waals surface area contributed by atoms with Crippen LogP contribution in [0.4, 0.5) is 0 Å². The van der Waals surface area contributed by atoms with Crippen LogP contribution in [-0.4, -0.2) is 11.7 Å². The van der Waals surface area contributed by atoms with Gasteiger partial charge in [0.2, 0.25) is 10.9 Å². The zero-order valence-electron chi connectivity index (χ0n) is 6.53. The summed E-state index contributed by atoms with van der Waals surface area (Å²) < 4.78 is 4.87. The molecule has 4 heteroatoms. The summed E-state index contributed by atoms with van der Waals surface area (Å²) in [6.45, 7) is 1.96. The Balaban J connectivity index is 2.47. The SMILES string of the molecule is CC(O)c1c(C2CO2)c(=O)c1=O. The molecule has 2 unspecified atom stereocenters.